The number of benzene rings is 1. The van der Waals surface area contributed by atoms with Gasteiger partial charge in [0.1, 0.15) is 17.4 Å². The smallest absolute Gasteiger partial charge is 0.164 e. The number of ether oxygens (including phenoxy) is 1. The molecule has 3 aromatic rings. The molecule has 3 heterocycles. The Bertz CT molecular complexity index is 1100. The number of carbonyl (C=O) groups excluding carboxylic acids is 1. The molecule has 9 nitrogen and oxygen atoms in total. The average Bonchev–Trinajstić information content (AvgIpc) is 3.42. The van der Waals surface area contributed by atoms with Crippen molar-refractivity contribution >= 4 is 22.6 Å². The summed E-state index contributed by atoms with van der Waals surface area (Å²) in [7, 11) is 0. The van der Waals surface area contributed by atoms with Crippen molar-refractivity contribution in [1.82, 2.24) is 14.5 Å². The molecule has 1 saturated heterocycles. The largest absolute Gasteiger partial charge is 0.394 e. The fourth-order valence-corrected chi connectivity index (χ4v) is 4.74. The van der Waals surface area contributed by atoms with Crippen LogP contribution in [0.2, 0.25) is 0 Å². The molecule has 0 amide bonds. The van der Waals surface area contributed by atoms with Crippen LogP contribution in [0, 0.1) is 5.92 Å². The van der Waals surface area contributed by atoms with E-state index in [0.29, 0.717) is 17.6 Å². The lowest BCUT2D eigenvalue weighted by Gasteiger charge is -2.22. The number of aliphatic hydroxyl groups is 2. The zero-order valence-corrected chi connectivity index (χ0v) is 19.6. The molecule has 0 spiro atoms. The molecule has 2 aromatic heterocycles. The van der Waals surface area contributed by atoms with Crippen molar-refractivity contribution in [3.8, 4) is 0 Å². The van der Waals surface area contributed by atoms with Gasteiger partial charge in [0.05, 0.1) is 30.8 Å². The molecule has 34 heavy (non-hydrogen) atoms. The van der Waals surface area contributed by atoms with Gasteiger partial charge in [-0.2, -0.15) is 0 Å². The van der Waals surface area contributed by atoms with Gasteiger partial charge >= 0.3 is 0 Å². The summed E-state index contributed by atoms with van der Waals surface area (Å²) in [4.78, 5) is 24.1. The number of nitrogens with two attached hydrogens (primary N) is 1. The highest BCUT2D eigenvalue weighted by Gasteiger charge is 2.46. The van der Waals surface area contributed by atoms with Crippen molar-refractivity contribution < 1.29 is 19.7 Å². The summed E-state index contributed by atoms with van der Waals surface area (Å²) in [5.41, 5.74) is 9.40. The Balaban J connectivity index is 1.54. The predicted molar refractivity (Wildman–Crippen MR) is 129 cm³/mol. The minimum atomic E-state index is -1.03. The summed E-state index contributed by atoms with van der Waals surface area (Å²) in [6.45, 7) is 5.49. The van der Waals surface area contributed by atoms with Crippen LogP contribution in [-0.2, 0) is 16.0 Å². The molecule has 0 saturated carbocycles. The van der Waals surface area contributed by atoms with Crippen molar-refractivity contribution in [1.29, 1.82) is 0 Å². The third kappa shape index (κ3) is 4.69. The zero-order chi connectivity index (χ0) is 24.2. The van der Waals surface area contributed by atoms with E-state index in [0.717, 1.165) is 24.3 Å². The molecule has 0 radical (unpaired) electrons. The highest BCUT2D eigenvalue weighted by molar-refractivity contribution is 5.86. The topological polar surface area (TPSA) is 127 Å². The van der Waals surface area contributed by atoms with Crippen LogP contribution in [0.25, 0.3) is 11.2 Å². The van der Waals surface area contributed by atoms with Crippen LogP contribution in [0.3, 0.4) is 0 Å². The van der Waals surface area contributed by atoms with Gasteiger partial charge in [-0.1, -0.05) is 30.3 Å². The van der Waals surface area contributed by atoms with Gasteiger partial charge in [-0.25, -0.2) is 9.97 Å². The number of aromatic nitrogens is 3. The Morgan fingerprint density at radius 2 is 1.94 bits per heavy atom. The van der Waals surface area contributed by atoms with E-state index < -0.39 is 30.4 Å². The molecular formula is C25H33N5O4. The molecule has 1 aromatic carbocycles. The van der Waals surface area contributed by atoms with Gasteiger partial charge in [-0.3, -0.25) is 9.36 Å². The predicted octanol–water partition coefficient (Wildman–Crippen LogP) is 1.67. The molecule has 1 unspecified atom stereocenters. The van der Waals surface area contributed by atoms with E-state index in [-0.39, 0.29) is 18.8 Å². The van der Waals surface area contributed by atoms with Crippen molar-refractivity contribution in [3.05, 3.63) is 54.5 Å². The first-order valence-corrected chi connectivity index (χ1v) is 11.8. The number of pyridine rings is 1. The first kappa shape index (κ1) is 24.3. The summed E-state index contributed by atoms with van der Waals surface area (Å²) in [6.07, 6.45) is 1.20. The standard InChI is InChI=1S/C25H33N5O4/c1-3-29(4-2)19-10-11-27-24-22(19)28-15-30(24)25-23(33)17(21(14-31)34-25)13-20(32)18(26)12-16-8-6-5-7-9-16/h5-11,15,17-18,21,23,25,31,33H,3-4,12-14,26H2,1-2H3/t17-,18-,21+,23?,25+/m0/s1. The maximum atomic E-state index is 12.9. The summed E-state index contributed by atoms with van der Waals surface area (Å²) < 4.78 is 7.70. The van der Waals surface area contributed by atoms with Crippen LogP contribution in [0.5, 0.6) is 0 Å². The highest BCUT2D eigenvalue weighted by atomic mass is 16.5. The molecule has 5 atom stereocenters. The van der Waals surface area contributed by atoms with Crippen LogP contribution in [0.15, 0.2) is 48.9 Å². The Kier molecular flexibility index (Phi) is 7.57. The number of imidazole rings is 1. The van der Waals surface area contributed by atoms with Crippen molar-refractivity contribution in [2.75, 3.05) is 24.6 Å². The third-order valence-electron chi connectivity index (χ3n) is 6.67. The molecule has 182 valence electrons. The number of hydrogen-bond acceptors (Lipinski definition) is 8. The third-order valence-corrected chi connectivity index (χ3v) is 6.67. The number of hydrogen-bond donors (Lipinski definition) is 3. The SMILES string of the molecule is CCN(CC)c1ccnc2c1ncn2[C@@H]1O[C@H](CO)[C@H](CC(=O)[C@@H](N)Cc2ccccc2)C1O. The van der Waals surface area contributed by atoms with Crippen LogP contribution in [0.4, 0.5) is 5.69 Å². The lowest BCUT2D eigenvalue weighted by atomic mass is 9.89. The van der Waals surface area contributed by atoms with E-state index in [9.17, 15) is 15.0 Å². The fourth-order valence-electron chi connectivity index (χ4n) is 4.74. The van der Waals surface area contributed by atoms with Crippen LogP contribution < -0.4 is 10.6 Å². The second-order valence-electron chi connectivity index (χ2n) is 8.70. The monoisotopic (exact) mass is 467 g/mol. The van der Waals surface area contributed by atoms with E-state index in [2.05, 4.69) is 28.7 Å². The number of ketones is 1. The van der Waals surface area contributed by atoms with Gasteiger partial charge in [0, 0.05) is 31.6 Å². The first-order chi connectivity index (χ1) is 16.5. The fraction of sp³-hybridized carbons (Fsp3) is 0.480. The maximum Gasteiger partial charge on any atom is 0.164 e. The number of nitrogens with zero attached hydrogens (tertiary/aromatic N) is 4. The highest BCUT2D eigenvalue weighted by Crippen LogP contribution is 2.38. The van der Waals surface area contributed by atoms with E-state index >= 15 is 0 Å². The van der Waals surface area contributed by atoms with Gasteiger partial charge in [0.15, 0.2) is 11.9 Å². The minimum absolute atomic E-state index is 0.0155. The number of carbonyl (C=O) groups is 1. The Morgan fingerprint density at radius 1 is 1.21 bits per heavy atom. The summed E-state index contributed by atoms with van der Waals surface area (Å²) in [5.74, 6) is -0.763. The molecule has 9 heteroatoms. The number of fused-ring (bicyclic) bond motifs is 1. The summed E-state index contributed by atoms with van der Waals surface area (Å²) >= 11 is 0. The van der Waals surface area contributed by atoms with E-state index in [1.54, 1.807) is 17.1 Å². The van der Waals surface area contributed by atoms with Crippen LogP contribution in [0.1, 0.15) is 32.1 Å². The molecule has 4 N–H and O–H groups in total. The second kappa shape index (κ2) is 10.6. The molecule has 1 aliphatic rings. The molecule has 0 aliphatic carbocycles. The van der Waals surface area contributed by atoms with Crippen LogP contribution in [-0.4, -0.2) is 68.5 Å². The molecule has 1 aliphatic heterocycles. The number of Topliss-reactive ketones (excluding diaryl/α,β-unsaturated/α-hetero) is 1. The normalized spacial score (nSPS) is 23.3. The Labute approximate surface area is 199 Å². The van der Waals surface area contributed by atoms with Crippen molar-refractivity contribution in [2.45, 2.75) is 51.2 Å². The molecule has 4 rings (SSSR count). The molecule has 1 fully saturated rings. The van der Waals surface area contributed by atoms with E-state index in [1.165, 1.54) is 0 Å². The van der Waals surface area contributed by atoms with E-state index in [4.69, 9.17) is 10.5 Å². The minimum Gasteiger partial charge on any atom is -0.394 e. The van der Waals surface area contributed by atoms with E-state index in [1.807, 2.05) is 36.4 Å². The summed E-state index contributed by atoms with van der Waals surface area (Å²) in [5, 5.41) is 21.1. The quantitative estimate of drug-likeness (QED) is 0.411. The molecule has 0 bridgehead atoms. The van der Waals surface area contributed by atoms with Gasteiger partial charge in [-0.15, -0.1) is 0 Å². The average molecular weight is 468 g/mol. The second-order valence-corrected chi connectivity index (χ2v) is 8.70. The van der Waals surface area contributed by atoms with Gasteiger partial charge in [0.25, 0.3) is 0 Å². The van der Waals surface area contributed by atoms with Gasteiger partial charge in [0.2, 0.25) is 0 Å². The number of anilines is 1. The van der Waals surface area contributed by atoms with Crippen molar-refractivity contribution in [3.63, 3.8) is 0 Å². The lowest BCUT2D eigenvalue weighted by molar-refractivity contribution is -0.122. The number of aliphatic hydroxyl groups excluding tert-OH is 2. The maximum absolute atomic E-state index is 12.9. The lowest BCUT2D eigenvalue weighted by Crippen LogP contribution is -2.38. The molecular weight excluding hydrogens is 434 g/mol. The number of rotatable bonds is 10. The Hall–Kier alpha value is -2.85. The zero-order valence-electron chi connectivity index (χ0n) is 19.6. The first-order valence-electron chi connectivity index (χ1n) is 11.8. The van der Waals surface area contributed by atoms with Gasteiger partial charge < -0.3 is 25.6 Å². The van der Waals surface area contributed by atoms with Gasteiger partial charge in [-0.05, 0) is 31.9 Å². The van der Waals surface area contributed by atoms with Crippen molar-refractivity contribution in [2.24, 2.45) is 11.7 Å². The Morgan fingerprint density at radius 3 is 2.62 bits per heavy atom. The van der Waals surface area contributed by atoms with Crippen LogP contribution >= 0.6 is 0 Å². The summed E-state index contributed by atoms with van der Waals surface area (Å²) in [6, 6.07) is 10.8.